The Balaban J connectivity index is 1.76. The van der Waals surface area contributed by atoms with Gasteiger partial charge in [0.15, 0.2) is 0 Å². The van der Waals surface area contributed by atoms with Crippen LogP contribution >= 0.6 is 0 Å². The number of halogens is 1. The predicted molar refractivity (Wildman–Crippen MR) is 71.7 cm³/mol. The Morgan fingerprint density at radius 2 is 2.16 bits per heavy atom. The Hall–Kier alpha value is -1.42. The van der Waals surface area contributed by atoms with Gasteiger partial charge in [-0.15, -0.1) is 0 Å². The van der Waals surface area contributed by atoms with Crippen LogP contribution in [0.25, 0.3) is 0 Å². The lowest BCUT2D eigenvalue weighted by Gasteiger charge is -2.12. The van der Waals surface area contributed by atoms with Crippen LogP contribution in [0.1, 0.15) is 41.6 Å². The number of nitrogens with one attached hydrogen (secondary N) is 1. The van der Waals surface area contributed by atoms with Crippen molar-refractivity contribution in [3.8, 4) is 0 Å². The molecule has 1 aliphatic carbocycles. The summed E-state index contributed by atoms with van der Waals surface area (Å²) in [6.45, 7) is 2.56. The van der Waals surface area contributed by atoms with Gasteiger partial charge in [0, 0.05) is 6.54 Å². The van der Waals surface area contributed by atoms with Crippen LogP contribution in [0.15, 0.2) is 18.2 Å². The zero-order chi connectivity index (χ0) is 13.7. The van der Waals surface area contributed by atoms with Gasteiger partial charge in [-0.05, 0) is 31.4 Å². The maximum atomic E-state index is 13.7. The van der Waals surface area contributed by atoms with E-state index in [9.17, 15) is 9.18 Å². The summed E-state index contributed by atoms with van der Waals surface area (Å²) in [6.07, 6.45) is 5.02. The molecule has 19 heavy (non-hydrogen) atoms. The summed E-state index contributed by atoms with van der Waals surface area (Å²) in [6, 6.07) is 4.83. The summed E-state index contributed by atoms with van der Waals surface area (Å²) in [5, 5.41) is 2.69. The molecule has 0 radical (unpaired) electrons. The number of benzene rings is 1. The van der Waals surface area contributed by atoms with Crippen molar-refractivity contribution in [2.45, 2.75) is 38.7 Å². The smallest absolute Gasteiger partial charge is 0.254 e. The van der Waals surface area contributed by atoms with Crippen molar-refractivity contribution in [3.05, 3.63) is 35.1 Å². The van der Waals surface area contributed by atoms with Crippen LogP contribution in [0.2, 0.25) is 0 Å². The van der Waals surface area contributed by atoms with E-state index >= 15 is 0 Å². The van der Waals surface area contributed by atoms with E-state index in [-0.39, 0.29) is 11.5 Å². The van der Waals surface area contributed by atoms with Crippen molar-refractivity contribution in [1.82, 2.24) is 5.32 Å². The molecule has 0 saturated heterocycles. The quantitative estimate of drug-likeness (QED) is 0.831. The van der Waals surface area contributed by atoms with Crippen LogP contribution in [0.4, 0.5) is 4.39 Å². The maximum absolute atomic E-state index is 13.7. The van der Waals surface area contributed by atoms with E-state index < -0.39 is 5.82 Å². The van der Waals surface area contributed by atoms with E-state index in [0.29, 0.717) is 24.8 Å². The number of amides is 1. The first-order valence-corrected chi connectivity index (χ1v) is 6.83. The van der Waals surface area contributed by atoms with E-state index in [1.165, 1.54) is 18.9 Å². The molecule has 0 unspecified atom stereocenters. The lowest BCUT2D eigenvalue weighted by Crippen LogP contribution is -2.29. The molecule has 0 aromatic heterocycles. The highest BCUT2D eigenvalue weighted by atomic mass is 19.1. The molecule has 0 spiro atoms. The van der Waals surface area contributed by atoms with Crippen LogP contribution in [-0.4, -0.2) is 25.2 Å². The molecule has 0 heterocycles. The second kappa shape index (κ2) is 6.66. The number of hydrogen-bond acceptors (Lipinski definition) is 2. The fourth-order valence-corrected chi connectivity index (χ4v) is 2.36. The van der Waals surface area contributed by atoms with Gasteiger partial charge in [0.25, 0.3) is 5.91 Å². The minimum absolute atomic E-state index is 0.0980. The highest BCUT2D eigenvalue weighted by Crippen LogP contribution is 2.20. The van der Waals surface area contributed by atoms with Crippen molar-refractivity contribution >= 4 is 5.91 Å². The summed E-state index contributed by atoms with van der Waals surface area (Å²) < 4.78 is 19.3. The Labute approximate surface area is 113 Å². The zero-order valence-electron chi connectivity index (χ0n) is 11.2. The van der Waals surface area contributed by atoms with Crippen molar-refractivity contribution < 1.29 is 13.9 Å². The van der Waals surface area contributed by atoms with Crippen molar-refractivity contribution in [2.24, 2.45) is 0 Å². The lowest BCUT2D eigenvalue weighted by atomic mass is 10.1. The van der Waals surface area contributed by atoms with E-state index in [2.05, 4.69) is 5.32 Å². The number of carbonyl (C=O) groups excluding carboxylic acids is 1. The topological polar surface area (TPSA) is 38.3 Å². The van der Waals surface area contributed by atoms with Crippen molar-refractivity contribution in [1.29, 1.82) is 0 Å². The minimum atomic E-state index is -0.447. The van der Waals surface area contributed by atoms with Gasteiger partial charge < -0.3 is 10.1 Å². The standard InChI is InChI=1S/C15H20FNO2/c1-11-5-4-8-13(14(11)16)15(18)17-9-10-19-12-6-2-3-7-12/h4-5,8,12H,2-3,6-7,9-10H2,1H3,(H,17,18). The summed E-state index contributed by atoms with van der Waals surface area (Å²) >= 11 is 0. The molecule has 0 bridgehead atoms. The summed E-state index contributed by atoms with van der Waals surface area (Å²) in [5.74, 6) is -0.826. The number of ether oxygens (including phenoxy) is 1. The van der Waals surface area contributed by atoms with E-state index in [1.807, 2.05) is 0 Å². The van der Waals surface area contributed by atoms with Crippen LogP contribution in [-0.2, 0) is 4.74 Å². The first kappa shape index (κ1) is 14.0. The molecule has 1 saturated carbocycles. The van der Waals surface area contributed by atoms with Gasteiger partial charge in [-0.3, -0.25) is 4.79 Å². The third-order valence-corrected chi connectivity index (χ3v) is 3.48. The molecule has 1 aromatic carbocycles. The summed E-state index contributed by atoms with van der Waals surface area (Å²) in [5.41, 5.74) is 0.579. The van der Waals surface area contributed by atoms with Gasteiger partial charge in [-0.25, -0.2) is 4.39 Å². The first-order chi connectivity index (χ1) is 9.18. The van der Waals surface area contributed by atoms with Crippen molar-refractivity contribution in [3.63, 3.8) is 0 Å². The highest BCUT2D eigenvalue weighted by molar-refractivity contribution is 5.94. The average Bonchev–Trinajstić information content (AvgIpc) is 2.91. The van der Waals surface area contributed by atoms with Crippen LogP contribution in [0, 0.1) is 12.7 Å². The summed E-state index contributed by atoms with van der Waals surface area (Å²) in [7, 11) is 0. The minimum Gasteiger partial charge on any atom is -0.376 e. The van der Waals surface area contributed by atoms with Gasteiger partial charge in [0.2, 0.25) is 0 Å². The highest BCUT2D eigenvalue weighted by Gasteiger charge is 2.16. The Morgan fingerprint density at radius 3 is 2.89 bits per heavy atom. The second-order valence-corrected chi connectivity index (χ2v) is 4.97. The van der Waals surface area contributed by atoms with Crippen LogP contribution < -0.4 is 5.32 Å². The van der Waals surface area contributed by atoms with Gasteiger partial charge >= 0.3 is 0 Å². The number of carbonyl (C=O) groups is 1. The molecule has 1 amide bonds. The predicted octanol–water partition coefficient (Wildman–Crippen LogP) is 2.82. The molecule has 104 valence electrons. The third-order valence-electron chi connectivity index (χ3n) is 3.48. The maximum Gasteiger partial charge on any atom is 0.254 e. The molecule has 1 N–H and O–H groups in total. The van der Waals surface area contributed by atoms with E-state index in [4.69, 9.17) is 4.74 Å². The molecule has 4 heteroatoms. The lowest BCUT2D eigenvalue weighted by molar-refractivity contribution is 0.0581. The first-order valence-electron chi connectivity index (χ1n) is 6.83. The normalized spacial score (nSPS) is 15.7. The van der Waals surface area contributed by atoms with Gasteiger partial charge in [-0.1, -0.05) is 25.0 Å². The SMILES string of the molecule is Cc1cccc(C(=O)NCCOC2CCCC2)c1F. The third kappa shape index (κ3) is 3.77. The number of rotatable bonds is 5. The van der Waals surface area contributed by atoms with E-state index in [1.54, 1.807) is 19.1 Å². The molecule has 1 aliphatic rings. The molecule has 0 aliphatic heterocycles. The Kier molecular flexibility index (Phi) is 4.91. The van der Waals surface area contributed by atoms with Gasteiger partial charge in [0.05, 0.1) is 18.3 Å². The monoisotopic (exact) mass is 265 g/mol. The Bertz CT molecular complexity index is 442. The second-order valence-electron chi connectivity index (χ2n) is 4.97. The van der Waals surface area contributed by atoms with Crippen LogP contribution in [0.5, 0.6) is 0 Å². The average molecular weight is 265 g/mol. The molecule has 0 atom stereocenters. The zero-order valence-corrected chi connectivity index (χ0v) is 11.2. The number of hydrogen-bond donors (Lipinski definition) is 1. The number of aryl methyl sites for hydroxylation is 1. The molecule has 2 rings (SSSR count). The molecule has 1 aromatic rings. The largest absolute Gasteiger partial charge is 0.376 e. The summed E-state index contributed by atoms with van der Waals surface area (Å²) in [4.78, 5) is 11.8. The molecule has 1 fully saturated rings. The molecular formula is C15H20FNO2. The van der Waals surface area contributed by atoms with Crippen molar-refractivity contribution in [2.75, 3.05) is 13.2 Å². The fraction of sp³-hybridized carbons (Fsp3) is 0.533. The molecule has 3 nitrogen and oxygen atoms in total. The Morgan fingerprint density at radius 1 is 1.42 bits per heavy atom. The molecular weight excluding hydrogens is 245 g/mol. The van der Waals surface area contributed by atoms with E-state index in [0.717, 1.165) is 12.8 Å². The fourth-order valence-electron chi connectivity index (χ4n) is 2.36. The van der Waals surface area contributed by atoms with Gasteiger partial charge in [0.1, 0.15) is 5.82 Å². The van der Waals surface area contributed by atoms with Crippen LogP contribution in [0.3, 0.4) is 0 Å². The van der Waals surface area contributed by atoms with Gasteiger partial charge in [-0.2, -0.15) is 0 Å².